The smallest absolute Gasteiger partial charge is 0.194 e. The standard InChI is InChI=1S/C19H29N3O/c1-6-10-22(11-7-2)13-17-14(3)20-18-9-8-15(21(4)5)12-16(18)19(17)23/h8-9,12H,6-7,10-11,13H2,1-5H3,(H,20,23). The van der Waals surface area contributed by atoms with Gasteiger partial charge in [0.05, 0.1) is 0 Å². The number of nitrogens with zero attached hydrogens (tertiary/aromatic N) is 2. The Morgan fingerprint density at radius 2 is 1.74 bits per heavy atom. The Morgan fingerprint density at radius 1 is 1.09 bits per heavy atom. The number of anilines is 1. The summed E-state index contributed by atoms with van der Waals surface area (Å²) in [6.07, 6.45) is 2.21. The van der Waals surface area contributed by atoms with E-state index in [2.05, 4.69) is 23.7 Å². The number of pyridine rings is 1. The Balaban J connectivity index is 2.48. The molecule has 1 N–H and O–H groups in total. The van der Waals surface area contributed by atoms with Crippen molar-refractivity contribution in [3.63, 3.8) is 0 Å². The van der Waals surface area contributed by atoms with Crippen LogP contribution in [0.5, 0.6) is 0 Å². The highest BCUT2D eigenvalue weighted by atomic mass is 16.1. The molecule has 1 heterocycles. The van der Waals surface area contributed by atoms with Crippen LogP contribution in [0, 0.1) is 6.92 Å². The number of aryl methyl sites for hydroxylation is 1. The van der Waals surface area contributed by atoms with Gasteiger partial charge in [-0.2, -0.15) is 0 Å². The summed E-state index contributed by atoms with van der Waals surface area (Å²) >= 11 is 0. The highest BCUT2D eigenvalue weighted by Crippen LogP contribution is 2.19. The maximum Gasteiger partial charge on any atom is 0.194 e. The van der Waals surface area contributed by atoms with Gasteiger partial charge in [-0.3, -0.25) is 9.69 Å². The third-order valence-corrected chi connectivity index (χ3v) is 4.27. The van der Waals surface area contributed by atoms with E-state index < -0.39 is 0 Å². The molecule has 126 valence electrons. The number of fused-ring (bicyclic) bond motifs is 1. The minimum absolute atomic E-state index is 0.164. The molecule has 0 aliphatic carbocycles. The fourth-order valence-electron chi connectivity index (χ4n) is 3.03. The molecule has 0 radical (unpaired) electrons. The van der Waals surface area contributed by atoms with Crippen molar-refractivity contribution in [1.82, 2.24) is 9.88 Å². The monoisotopic (exact) mass is 315 g/mol. The molecule has 0 spiro atoms. The predicted molar refractivity (Wildman–Crippen MR) is 99.5 cm³/mol. The molecule has 0 aliphatic rings. The molecule has 1 aromatic carbocycles. The minimum Gasteiger partial charge on any atom is -0.378 e. The van der Waals surface area contributed by atoms with Crippen molar-refractivity contribution in [2.75, 3.05) is 32.1 Å². The first-order valence-electron chi connectivity index (χ1n) is 8.53. The number of rotatable bonds is 7. The van der Waals surface area contributed by atoms with Crippen molar-refractivity contribution in [2.24, 2.45) is 0 Å². The van der Waals surface area contributed by atoms with Crippen LogP contribution in [0.2, 0.25) is 0 Å². The molecule has 0 fully saturated rings. The molecule has 0 amide bonds. The van der Waals surface area contributed by atoms with Crippen molar-refractivity contribution in [2.45, 2.75) is 40.2 Å². The number of hydrogen-bond donors (Lipinski definition) is 1. The molecule has 0 aliphatic heterocycles. The average molecular weight is 315 g/mol. The SMILES string of the molecule is CCCN(CCC)Cc1c(C)[nH]c2ccc(N(C)C)cc2c1=O. The maximum atomic E-state index is 13.0. The lowest BCUT2D eigenvalue weighted by Crippen LogP contribution is -2.29. The lowest BCUT2D eigenvalue weighted by atomic mass is 10.1. The van der Waals surface area contributed by atoms with Gasteiger partial charge in [-0.15, -0.1) is 0 Å². The predicted octanol–water partition coefficient (Wildman–Crippen LogP) is 3.52. The molecule has 0 unspecified atom stereocenters. The van der Waals surface area contributed by atoms with Gasteiger partial charge in [-0.1, -0.05) is 13.8 Å². The third-order valence-electron chi connectivity index (χ3n) is 4.27. The highest BCUT2D eigenvalue weighted by Gasteiger charge is 2.13. The van der Waals surface area contributed by atoms with Crippen LogP contribution < -0.4 is 10.3 Å². The van der Waals surface area contributed by atoms with Gasteiger partial charge >= 0.3 is 0 Å². The van der Waals surface area contributed by atoms with Crippen LogP contribution in [0.15, 0.2) is 23.0 Å². The second-order valence-electron chi connectivity index (χ2n) is 6.46. The minimum atomic E-state index is 0.164. The van der Waals surface area contributed by atoms with Crippen molar-refractivity contribution >= 4 is 16.6 Å². The molecule has 2 aromatic rings. The van der Waals surface area contributed by atoms with E-state index in [9.17, 15) is 4.79 Å². The molecule has 23 heavy (non-hydrogen) atoms. The number of H-pyrrole nitrogens is 1. The maximum absolute atomic E-state index is 13.0. The van der Waals surface area contributed by atoms with Crippen LogP contribution in [0.3, 0.4) is 0 Å². The Hall–Kier alpha value is -1.81. The van der Waals surface area contributed by atoms with E-state index in [4.69, 9.17) is 0 Å². The average Bonchev–Trinajstić information content (AvgIpc) is 2.51. The normalized spacial score (nSPS) is 11.4. The van der Waals surface area contributed by atoms with Gasteiger partial charge in [0.25, 0.3) is 0 Å². The first-order chi connectivity index (χ1) is 11.0. The van der Waals surface area contributed by atoms with Crippen LogP contribution in [-0.4, -0.2) is 37.1 Å². The van der Waals surface area contributed by atoms with Gasteiger partial charge < -0.3 is 9.88 Å². The van der Waals surface area contributed by atoms with Crippen molar-refractivity contribution < 1.29 is 0 Å². The highest BCUT2D eigenvalue weighted by molar-refractivity contribution is 5.83. The fourth-order valence-corrected chi connectivity index (χ4v) is 3.03. The molecule has 0 bridgehead atoms. The molecule has 1 aromatic heterocycles. The fraction of sp³-hybridized carbons (Fsp3) is 0.526. The zero-order chi connectivity index (χ0) is 17.0. The lowest BCUT2D eigenvalue weighted by molar-refractivity contribution is 0.265. The quantitative estimate of drug-likeness (QED) is 0.849. The summed E-state index contributed by atoms with van der Waals surface area (Å²) in [6, 6.07) is 6.03. The molecule has 2 rings (SSSR count). The van der Waals surface area contributed by atoms with E-state index >= 15 is 0 Å². The van der Waals surface area contributed by atoms with Gasteiger partial charge in [-0.25, -0.2) is 0 Å². The zero-order valence-electron chi connectivity index (χ0n) is 15.1. The van der Waals surface area contributed by atoms with E-state index in [0.29, 0.717) is 0 Å². The largest absolute Gasteiger partial charge is 0.378 e. The van der Waals surface area contributed by atoms with Crippen molar-refractivity contribution in [3.05, 3.63) is 39.7 Å². The first kappa shape index (κ1) is 17.5. The van der Waals surface area contributed by atoms with Crippen LogP contribution in [0.25, 0.3) is 10.9 Å². The topological polar surface area (TPSA) is 39.3 Å². The molecule has 4 nitrogen and oxygen atoms in total. The van der Waals surface area contributed by atoms with Gasteiger partial charge in [0.2, 0.25) is 0 Å². The molecule has 4 heteroatoms. The first-order valence-corrected chi connectivity index (χ1v) is 8.53. The van der Waals surface area contributed by atoms with Crippen molar-refractivity contribution in [3.8, 4) is 0 Å². The Morgan fingerprint density at radius 3 is 2.30 bits per heavy atom. The summed E-state index contributed by atoms with van der Waals surface area (Å²) in [5, 5.41) is 0.782. The number of nitrogens with one attached hydrogen (secondary N) is 1. The van der Waals surface area contributed by atoms with E-state index in [-0.39, 0.29) is 5.43 Å². The number of benzene rings is 1. The van der Waals surface area contributed by atoms with Crippen LogP contribution in [0.1, 0.15) is 37.9 Å². The zero-order valence-corrected chi connectivity index (χ0v) is 15.1. The summed E-state index contributed by atoms with van der Waals surface area (Å²) in [5.74, 6) is 0. The summed E-state index contributed by atoms with van der Waals surface area (Å²) in [5.41, 5.74) is 4.01. The van der Waals surface area contributed by atoms with Gasteiger partial charge in [0.1, 0.15) is 0 Å². The second-order valence-corrected chi connectivity index (χ2v) is 6.46. The van der Waals surface area contributed by atoms with E-state index in [0.717, 1.165) is 60.3 Å². The second kappa shape index (κ2) is 7.64. The summed E-state index contributed by atoms with van der Waals surface area (Å²) in [7, 11) is 3.99. The van der Waals surface area contributed by atoms with E-state index in [1.807, 2.05) is 44.1 Å². The number of aromatic amines is 1. The van der Waals surface area contributed by atoms with Crippen LogP contribution in [-0.2, 0) is 6.54 Å². The molecule has 0 saturated heterocycles. The van der Waals surface area contributed by atoms with E-state index in [1.165, 1.54) is 0 Å². The number of aromatic nitrogens is 1. The lowest BCUT2D eigenvalue weighted by Gasteiger charge is -2.22. The molecule has 0 atom stereocenters. The van der Waals surface area contributed by atoms with Gasteiger partial charge in [0.15, 0.2) is 5.43 Å². The molecule has 0 saturated carbocycles. The summed E-state index contributed by atoms with van der Waals surface area (Å²) < 4.78 is 0. The van der Waals surface area contributed by atoms with Gasteiger partial charge in [-0.05, 0) is 51.1 Å². The van der Waals surface area contributed by atoms with Crippen LogP contribution >= 0.6 is 0 Å². The molecular weight excluding hydrogens is 286 g/mol. The Kier molecular flexibility index (Phi) is 5.83. The van der Waals surface area contributed by atoms with Crippen LogP contribution in [0.4, 0.5) is 5.69 Å². The molecular formula is C19H29N3O. The summed E-state index contributed by atoms with van der Waals surface area (Å²) in [4.78, 5) is 20.8. The third kappa shape index (κ3) is 3.94. The van der Waals surface area contributed by atoms with E-state index in [1.54, 1.807) is 0 Å². The number of hydrogen-bond acceptors (Lipinski definition) is 3. The Labute approximate surface area is 139 Å². The van der Waals surface area contributed by atoms with Gasteiger partial charge in [0, 0.05) is 48.5 Å². The Bertz CT molecular complexity index is 712. The summed E-state index contributed by atoms with van der Waals surface area (Å²) in [6.45, 7) is 9.16. The van der Waals surface area contributed by atoms with Crippen molar-refractivity contribution in [1.29, 1.82) is 0 Å².